The van der Waals surface area contributed by atoms with Crippen molar-refractivity contribution in [2.45, 2.75) is 45.0 Å². The third-order valence-electron chi connectivity index (χ3n) is 5.91. The Morgan fingerprint density at radius 3 is 2.25 bits per heavy atom. The molecule has 0 fully saturated rings. The molecule has 3 heterocycles. The van der Waals surface area contributed by atoms with Gasteiger partial charge in [0.25, 0.3) is 0 Å². The van der Waals surface area contributed by atoms with E-state index in [2.05, 4.69) is 24.8 Å². The van der Waals surface area contributed by atoms with Gasteiger partial charge in [-0.15, -0.1) is 22.7 Å². The number of para-hydroxylation sites is 1. The molecule has 0 aliphatic rings. The highest BCUT2D eigenvalue weighted by Gasteiger charge is 2.39. The van der Waals surface area contributed by atoms with E-state index in [9.17, 15) is 5.11 Å². The van der Waals surface area contributed by atoms with Crippen LogP contribution in [0.2, 0.25) is 0 Å². The van der Waals surface area contributed by atoms with Gasteiger partial charge in [0, 0.05) is 27.9 Å². The lowest BCUT2D eigenvalue weighted by Crippen LogP contribution is -2.31. The van der Waals surface area contributed by atoms with Gasteiger partial charge in [0.1, 0.15) is 17.3 Å². The number of ether oxygens (including phenoxy) is 1. The summed E-state index contributed by atoms with van der Waals surface area (Å²) < 4.78 is 11.9. The fourth-order valence-corrected chi connectivity index (χ4v) is 5.62. The van der Waals surface area contributed by atoms with Crippen LogP contribution in [0.5, 0.6) is 5.75 Å². The minimum atomic E-state index is -1.27. The fraction of sp³-hybridized carbons (Fsp3) is 0.308. The molecule has 0 aliphatic heterocycles. The summed E-state index contributed by atoms with van der Waals surface area (Å²) in [5, 5.41) is 15.8. The Kier molecular flexibility index (Phi) is 7.16. The topological polar surface area (TPSA) is 45.8 Å². The molecule has 4 aromatic rings. The van der Waals surface area contributed by atoms with Gasteiger partial charge in [-0.1, -0.05) is 37.3 Å². The summed E-state index contributed by atoms with van der Waals surface area (Å²) in [5.41, 5.74) is -0.125. The number of methoxy groups -OCH3 is 1. The molecule has 0 unspecified atom stereocenters. The number of rotatable bonds is 10. The Labute approximate surface area is 197 Å². The molecule has 6 heteroatoms. The molecule has 0 spiro atoms. The summed E-state index contributed by atoms with van der Waals surface area (Å²) in [6.07, 6.45) is 1.02. The van der Waals surface area contributed by atoms with E-state index in [1.807, 2.05) is 65.4 Å². The number of hydrogen-bond acceptors (Lipinski definition) is 6. The highest BCUT2D eigenvalue weighted by molar-refractivity contribution is 7.11. The lowest BCUT2D eigenvalue weighted by Gasteiger charge is -2.28. The largest absolute Gasteiger partial charge is 0.496 e. The van der Waals surface area contributed by atoms with Crippen LogP contribution < -0.4 is 4.74 Å². The highest BCUT2D eigenvalue weighted by atomic mass is 32.1. The second-order valence-electron chi connectivity index (χ2n) is 7.91. The molecule has 0 saturated heterocycles. The number of benzene rings is 1. The molecule has 0 radical (unpaired) electrons. The van der Waals surface area contributed by atoms with Crippen LogP contribution in [-0.2, 0) is 18.7 Å². The Bertz CT molecular complexity index is 1070. The van der Waals surface area contributed by atoms with E-state index < -0.39 is 5.60 Å². The van der Waals surface area contributed by atoms with Gasteiger partial charge in [0.2, 0.25) is 0 Å². The van der Waals surface area contributed by atoms with E-state index in [1.54, 1.807) is 7.11 Å². The quantitative estimate of drug-likeness (QED) is 0.289. The van der Waals surface area contributed by atoms with Crippen LogP contribution in [0.25, 0.3) is 0 Å². The van der Waals surface area contributed by atoms with Gasteiger partial charge in [0.15, 0.2) is 5.60 Å². The number of aliphatic hydroxyl groups is 1. The maximum absolute atomic E-state index is 11.8. The van der Waals surface area contributed by atoms with Crippen molar-refractivity contribution in [2.75, 3.05) is 7.11 Å². The molecule has 0 aliphatic carbocycles. The minimum absolute atomic E-state index is 0.363. The predicted octanol–water partition coefficient (Wildman–Crippen LogP) is 6.50. The monoisotopic (exact) mass is 467 g/mol. The molecule has 0 saturated carbocycles. The van der Waals surface area contributed by atoms with Crippen molar-refractivity contribution in [1.29, 1.82) is 0 Å². The van der Waals surface area contributed by atoms with E-state index in [4.69, 9.17) is 9.15 Å². The third kappa shape index (κ3) is 4.55. The molecule has 0 bridgehead atoms. The van der Waals surface area contributed by atoms with Crippen LogP contribution >= 0.6 is 22.7 Å². The Morgan fingerprint density at radius 1 is 0.969 bits per heavy atom. The van der Waals surface area contributed by atoms with Crippen LogP contribution in [0.4, 0.5) is 0 Å². The SMILES string of the molecule is CC[C@H](C)N(Cc1ccc(C(O)(c2cccs2)c2cccs2)o1)Cc1ccccc1OC. The lowest BCUT2D eigenvalue weighted by molar-refractivity contribution is 0.100. The molecule has 4 rings (SSSR count). The molecule has 4 nitrogen and oxygen atoms in total. The number of furan rings is 1. The van der Waals surface area contributed by atoms with E-state index in [0.717, 1.165) is 39.8 Å². The Morgan fingerprint density at radius 2 is 1.66 bits per heavy atom. The predicted molar refractivity (Wildman–Crippen MR) is 131 cm³/mol. The normalized spacial score (nSPS) is 12.9. The van der Waals surface area contributed by atoms with E-state index >= 15 is 0 Å². The molecule has 3 aromatic heterocycles. The summed E-state index contributed by atoms with van der Waals surface area (Å²) in [7, 11) is 1.71. The minimum Gasteiger partial charge on any atom is -0.496 e. The zero-order chi connectivity index (χ0) is 22.6. The van der Waals surface area contributed by atoms with E-state index in [-0.39, 0.29) is 0 Å². The number of thiophene rings is 2. The zero-order valence-corrected chi connectivity index (χ0v) is 20.3. The van der Waals surface area contributed by atoms with Crippen molar-refractivity contribution in [3.05, 3.63) is 98.3 Å². The maximum atomic E-state index is 11.8. The molecule has 1 N–H and O–H groups in total. The summed E-state index contributed by atoms with van der Waals surface area (Å²) in [6.45, 7) is 5.83. The van der Waals surface area contributed by atoms with Crippen molar-refractivity contribution in [3.8, 4) is 5.75 Å². The van der Waals surface area contributed by atoms with Gasteiger partial charge in [-0.3, -0.25) is 4.90 Å². The van der Waals surface area contributed by atoms with Gasteiger partial charge in [0.05, 0.1) is 13.7 Å². The first-order valence-electron chi connectivity index (χ1n) is 10.8. The molecular weight excluding hydrogens is 438 g/mol. The molecule has 0 amide bonds. The Hall–Kier alpha value is -2.38. The third-order valence-corrected chi connectivity index (χ3v) is 7.87. The van der Waals surface area contributed by atoms with E-state index in [0.29, 0.717) is 18.3 Å². The van der Waals surface area contributed by atoms with Gasteiger partial charge < -0.3 is 14.3 Å². The summed E-state index contributed by atoms with van der Waals surface area (Å²) in [6, 6.07) is 20.2. The van der Waals surface area contributed by atoms with E-state index in [1.165, 1.54) is 22.7 Å². The van der Waals surface area contributed by atoms with Crippen molar-refractivity contribution in [1.82, 2.24) is 4.90 Å². The molecular formula is C26H29NO3S2. The number of nitrogens with zero attached hydrogens (tertiary/aromatic N) is 1. The van der Waals surface area contributed by atoms with Crippen LogP contribution in [0.1, 0.15) is 47.1 Å². The lowest BCUT2D eigenvalue weighted by atomic mass is 9.97. The van der Waals surface area contributed by atoms with Gasteiger partial charge in [-0.25, -0.2) is 0 Å². The average molecular weight is 468 g/mol. The molecule has 168 valence electrons. The smallest absolute Gasteiger partial charge is 0.191 e. The zero-order valence-electron chi connectivity index (χ0n) is 18.7. The summed E-state index contributed by atoms with van der Waals surface area (Å²) in [4.78, 5) is 4.10. The first-order valence-corrected chi connectivity index (χ1v) is 12.6. The van der Waals surface area contributed by atoms with Gasteiger partial charge in [-0.2, -0.15) is 0 Å². The first-order chi connectivity index (χ1) is 15.6. The van der Waals surface area contributed by atoms with Crippen LogP contribution in [-0.4, -0.2) is 23.2 Å². The van der Waals surface area contributed by atoms with Gasteiger partial charge in [-0.05, 0) is 54.4 Å². The van der Waals surface area contributed by atoms with Gasteiger partial charge >= 0.3 is 0 Å². The molecule has 1 atom stereocenters. The summed E-state index contributed by atoms with van der Waals surface area (Å²) >= 11 is 3.07. The first kappa shape index (κ1) is 22.8. The van der Waals surface area contributed by atoms with Crippen molar-refractivity contribution < 1.29 is 14.3 Å². The van der Waals surface area contributed by atoms with Crippen LogP contribution in [0.15, 0.2) is 75.8 Å². The van der Waals surface area contributed by atoms with Crippen molar-refractivity contribution in [2.24, 2.45) is 0 Å². The van der Waals surface area contributed by atoms with Crippen molar-refractivity contribution in [3.63, 3.8) is 0 Å². The van der Waals surface area contributed by atoms with Crippen LogP contribution in [0, 0.1) is 0 Å². The molecule has 32 heavy (non-hydrogen) atoms. The second-order valence-corrected chi connectivity index (χ2v) is 9.80. The maximum Gasteiger partial charge on any atom is 0.191 e. The summed E-state index contributed by atoms with van der Waals surface area (Å²) in [5.74, 6) is 2.28. The van der Waals surface area contributed by atoms with Crippen molar-refractivity contribution >= 4 is 22.7 Å². The highest BCUT2D eigenvalue weighted by Crippen LogP contribution is 2.42. The standard InChI is InChI=1S/C26H29NO3S2/c1-4-19(2)27(17-20-9-5-6-10-22(20)29-3)18-21-13-14-23(30-21)26(28,24-11-7-15-31-24)25-12-8-16-32-25/h5-16,19,28H,4,17-18H2,1-3H3/t19-/m0/s1. The Balaban J connectivity index is 1.62. The average Bonchev–Trinajstić information content (AvgIpc) is 3.60. The number of hydrogen-bond donors (Lipinski definition) is 1. The van der Waals surface area contributed by atoms with Crippen LogP contribution in [0.3, 0.4) is 0 Å². The second kappa shape index (κ2) is 10.0. The molecule has 1 aromatic carbocycles. The fourth-order valence-electron chi connectivity index (χ4n) is 3.87.